The van der Waals surface area contributed by atoms with Crippen molar-refractivity contribution in [3.63, 3.8) is 0 Å². The minimum absolute atomic E-state index is 0.0475. The Morgan fingerprint density at radius 2 is 2.24 bits per heavy atom. The van der Waals surface area contributed by atoms with E-state index in [1.165, 1.54) is 0 Å². The van der Waals surface area contributed by atoms with Crippen molar-refractivity contribution in [3.05, 3.63) is 17.7 Å². The summed E-state index contributed by atoms with van der Waals surface area (Å²) in [4.78, 5) is 27.7. The Balaban J connectivity index is 2.10. The number of imidazole rings is 1. The van der Waals surface area contributed by atoms with E-state index >= 15 is 0 Å². The summed E-state index contributed by atoms with van der Waals surface area (Å²) < 4.78 is 2.02. The number of hydrogen-bond donors (Lipinski definition) is 1. The smallest absolute Gasteiger partial charge is 0.303 e. The number of amides is 1. The summed E-state index contributed by atoms with van der Waals surface area (Å²) in [5.41, 5.74) is 0.936. The Hall–Kier alpha value is -1.85. The molecule has 0 aromatic carbocycles. The number of fused-ring (bicyclic) bond motifs is 1. The molecule has 92 valence electrons. The number of nitrogens with zero attached hydrogens (tertiary/aromatic N) is 3. The van der Waals surface area contributed by atoms with Crippen molar-refractivity contribution in [2.24, 2.45) is 0 Å². The maximum Gasteiger partial charge on any atom is 0.303 e. The molecule has 6 nitrogen and oxygen atoms in total. The van der Waals surface area contributed by atoms with Crippen LogP contribution in [0.5, 0.6) is 0 Å². The molecule has 0 unspecified atom stereocenters. The van der Waals surface area contributed by atoms with Crippen molar-refractivity contribution in [1.82, 2.24) is 14.5 Å². The fraction of sp³-hybridized carbons (Fsp3) is 0.545. The molecular formula is C11H15N3O3. The molecule has 1 aromatic heterocycles. The van der Waals surface area contributed by atoms with E-state index < -0.39 is 5.97 Å². The first-order valence-electron chi connectivity index (χ1n) is 5.58. The zero-order valence-corrected chi connectivity index (χ0v) is 9.72. The number of aliphatic carboxylic acids is 1. The molecule has 1 aromatic rings. The van der Waals surface area contributed by atoms with Crippen LogP contribution in [0.1, 0.15) is 24.9 Å². The molecule has 0 aliphatic carbocycles. The van der Waals surface area contributed by atoms with Gasteiger partial charge in [-0.05, 0) is 6.42 Å². The van der Waals surface area contributed by atoms with E-state index in [1.807, 2.05) is 4.57 Å². The molecule has 1 aliphatic rings. The van der Waals surface area contributed by atoms with Gasteiger partial charge in [-0.3, -0.25) is 9.59 Å². The third kappa shape index (κ3) is 2.46. The van der Waals surface area contributed by atoms with E-state index in [1.54, 1.807) is 18.0 Å². The van der Waals surface area contributed by atoms with E-state index in [2.05, 4.69) is 4.98 Å². The zero-order valence-electron chi connectivity index (χ0n) is 9.72. The van der Waals surface area contributed by atoms with Gasteiger partial charge in [0.05, 0.1) is 13.0 Å². The highest BCUT2D eigenvalue weighted by molar-refractivity contribution is 5.73. The molecule has 1 amide bonds. The fourth-order valence-corrected chi connectivity index (χ4v) is 2.03. The lowest BCUT2D eigenvalue weighted by molar-refractivity contribution is -0.137. The lowest BCUT2D eigenvalue weighted by atomic mass is 10.2. The molecule has 2 rings (SSSR count). The van der Waals surface area contributed by atoms with E-state index in [-0.39, 0.29) is 12.3 Å². The Morgan fingerprint density at radius 3 is 2.88 bits per heavy atom. The summed E-state index contributed by atoms with van der Waals surface area (Å²) in [6.07, 6.45) is 2.31. The highest BCUT2D eigenvalue weighted by Crippen LogP contribution is 2.15. The normalized spacial score (nSPS) is 14.5. The molecule has 0 fully saturated rings. The first-order chi connectivity index (χ1) is 8.08. The Kier molecular flexibility index (Phi) is 3.12. The van der Waals surface area contributed by atoms with Gasteiger partial charge in [0.15, 0.2) is 0 Å². The number of hydrogen-bond acceptors (Lipinski definition) is 3. The molecule has 6 heteroatoms. The quantitative estimate of drug-likeness (QED) is 0.818. The predicted octanol–water partition coefficient (Wildman–Crippen LogP) is 0.262. The van der Waals surface area contributed by atoms with Crippen LogP contribution >= 0.6 is 0 Å². The van der Waals surface area contributed by atoms with Gasteiger partial charge in [-0.15, -0.1) is 0 Å². The van der Waals surface area contributed by atoms with Crippen LogP contribution < -0.4 is 0 Å². The molecule has 17 heavy (non-hydrogen) atoms. The Bertz CT molecular complexity index is 439. The second kappa shape index (κ2) is 4.57. The molecule has 2 heterocycles. The second-order valence-corrected chi connectivity index (χ2v) is 4.15. The third-order valence-corrected chi connectivity index (χ3v) is 2.99. The number of carbonyl (C=O) groups is 2. The van der Waals surface area contributed by atoms with Gasteiger partial charge in [-0.25, -0.2) is 4.98 Å². The third-order valence-electron chi connectivity index (χ3n) is 2.99. The first kappa shape index (κ1) is 11.6. The van der Waals surface area contributed by atoms with E-state index in [0.29, 0.717) is 26.1 Å². The highest BCUT2D eigenvalue weighted by atomic mass is 16.4. The standard InChI is InChI=1S/C11H15N3O3/c1-8(15)13-4-5-14-9(2-3-11(16)17)6-12-10(14)7-13/h6H,2-5,7H2,1H3,(H,16,17). The van der Waals surface area contributed by atoms with Gasteiger partial charge in [-0.1, -0.05) is 0 Å². The van der Waals surface area contributed by atoms with E-state index in [9.17, 15) is 9.59 Å². The summed E-state index contributed by atoms with van der Waals surface area (Å²) >= 11 is 0. The average molecular weight is 237 g/mol. The number of aryl methyl sites for hydroxylation is 1. The average Bonchev–Trinajstić information content (AvgIpc) is 2.68. The van der Waals surface area contributed by atoms with Crippen molar-refractivity contribution in [2.45, 2.75) is 32.9 Å². The van der Waals surface area contributed by atoms with Gasteiger partial charge >= 0.3 is 5.97 Å². The molecule has 0 saturated carbocycles. The number of carbonyl (C=O) groups excluding carboxylic acids is 1. The molecule has 0 bridgehead atoms. The summed E-state index contributed by atoms with van der Waals surface area (Å²) in [6.45, 7) is 3.43. The van der Waals surface area contributed by atoms with Gasteiger partial charge in [0.2, 0.25) is 5.91 Å². The Morgan fingerprint density at radius 1 is 1.47 bits per heavy atom. The van der Waals surface area contributed by atoms with Gasteiger partial charge in [0, 0.05) is 31.9 Å². The van der Waals surface area contributed by atoms with Crippen LogP contribution in [-0.2, 0) is 29.1 Å². The van der Waals surface area contributed by atoms with Crippen LogP contribution in [0.3, 0.4) is 0 Å². The van der Waals surface area contributed by atoms with Crippen molar-refractivity contribution in [1.29, 1.82) is 0 Å². The molecule has 1 aliphatic heterocycles. The summed E-state index contributed by atoms with van der Waals surface area (Å²) in [5.74, 6) is 0.0832. The molecule has 0 spiro atoms. The van der Waals surface area contributed by atoms with Crippen LogP contribution in [0.25, 0.3) is 0 Å². The number of rotatable bonds is 3. The van der Waals surface area contributed by atoms with Crippen LogP contribution in [0.15, 0.2) is 6.20 Å². The first-order valence-corrected chi connectivity index (χ1v) is 5.58. The minimum Gasteiger partial charge on any atom is -0.481 e. The van der Waals surface area contributed by atoms with Crippen molar-refractivity contribution >= 4 is 11.9 Å². The molecule has 0 atom stereocenters. The Labute approximate surface area is 98.9 Å². The van der Waals surface area contributed by atoms with Crippen LogP contribution in [0, 0.1) is 0 Å². The van der Waals surface area contributed by atoms with E-state index in [4.69, 9.17) is 5.11 Å². The largest absolute Gasteiger partial charge is 0.481 e. The molecule has 1 N–H and O–H groups in total. The van der Waals surface area contributed by atoms with Crippen molar-refractivity contribution in [3.8, 4) is 0 Å². The van der Waals surface area contributed by atoms with Crippen molar-refractivity contribution < 1.29 is 14.7 Å². The zero-order chi connectivity index (χ0) is 12.4. The predicted molar refractivity (Wildman–Crippen MR) is 59.3 cm³/mol. The number of aromatic nitrogens is 2. The van der Waals surface area contributed by atoms with Gasteiger partial charge in [-0.2, -0.15) is 0 Å². The fourth-order valence-electron chi connectivity index (χ4n) is 2.03. The lowest BCUT2D eigenvalue weighted by Crippen LogP contribution is -2.37. The van der Waals surface area contributed by atoms with Crippen LogP contribution in [0.4, 0.5) is 0 Å². The monoisotopic (exact) mass is 237 g/mol. The van der Waals surface area contributed by atoms with Gasteiger partial charge in [0.1, 0.15) is 5.82 Å². The minimum atomic E-state index is -0.804. The second-order valence-electron chi connectivity index (χ2n) is 4.15. The molecule has 0 saturated heterocycles. The number of carboxylic acids is 1. The lowest BCUT2D eigenvalue weighted by Gasteiger charge is -2.27. The maximum absolute atomic E-state index is 11.2. The van der Waals surface area contributed by atoms with Crippen molar-refractivity contribution in [2.75, 3.05) is 6.54 Å². The summed E-state index contributed by atoms with van der Waals surface area (Å²) in [6, 6.07) is 0. The van der Waals surface area contributed by atoms with Gasteiger partial charge < -0.3 is 14.6 Å². The number of carboxylic acid groups (broad SMARTS) is 1. The van der Waals surface area contributed by atoms with E-state index in [0.717, 1.165) is 11.5 Å². The topological polar surface area (TPSA) is 75.4 Å². The van der Waals surface area contributed by atoms with Gasteiger partial charge in [0.25, 0.3) is 0 Å². The molecule has 0 radical (unpaired) electrons. The van der Waals surface area contributed by atoms with Crippen LogP contribution in [-0.4, -0.2) is 38.0 Å². The summed E-state index contributed by atoms with van der Waals surface area (Å²) in [7, 11) is 0. The molecular weight excluding hydrogens is 222 g/mol. The highest BCUT2D eigenvalue weighted by Gasteiger charge is 2.21. The summed E-state index contributed by atoms with van der Waals surface area (Å²) in [5, 5.41) is 8.65. The SMILES string of the molecule is CC(=O)N1CCn2c(CCC(=O)O)cnc2C1. The van der Waals surface area contributed by atoms with Crippen LogP contribution in [0.2, 0.25) is 0 Å². The maximum atomic E-state index is 11.2.